The van der Waals surface area contributed by atoms with Gasteiger partial charge < -0.3 is 4.74 Å². The van der Waals surface area contributed by atoms with E-state index in [1.807, 2.05) is 0 Å². The van der Waals surface area contributed by atoms with Gasteiger partial charge in [-0.15, -0.1) is 0 Å². The quantitative estimate of drug-likeness (QED) is 0.383. The Balaban J connectivity index is 1.51. The van der Waals surface area contributed by atoms with E-state index in [2.05, 4.69) is 6.92 Å². The number of halogens is 2. The fourth-order valence-electron chi connectivity index (χ4n) is 4.11. The first-order chi connectivity index (χ1) is 13.8. The van der Waals surface area contributed by atoms with Crippen molar-refractivity contribution >= 4 is 46.7 Å². The average molecular weight is 432 g/mol. The van der Waals surface area contributed by atoms with Crippen molar-refractivity contribution < 1.29 is 19.1 Å². The molecule has 2 fully saturated rings. The van der Waals surface area contributed by atoms with Crippen LogP contribution in [0, 0.1) is 17.8 Å². The average Bonchev–Trinajstić information content (AvgIpc) is 2.94. The van der Waals surface area contributed by atoms with Crippen LogP contribution in [0.15, 0.2) is 42.5 Å². The zero-order valence-corrected chi connectivity index (χ0v) is 17.2. The van der Waals surface area contributed by atoms with Gasteiger partial charge in [0.2, 0.25) is 11.8 Å². The maximum atomic E-state index is 12.8. The van der Waals surface area contributed by atoms with Gasteiger partial charge in [0.15, 0.2) is 0 Å². The lowest BCUT2D eigenvalue weighted by Crippen LogP contribution is -2.30. The number of hydrogen-bond donors (Lipinski definition) is 0. The summed E-state index contributed by atoms with van der Waals surface area (Å²) in [5.74, 6) is -0.691. The van der Waals surface area contributed by atoms with Crippen LogP contribution in [0.2, 0.25) is 10.0 Å². The van der Waals surface area contributed by atoms with Gasteiger partial charge in [0.1, 0.15) is 5.75 Å². The number of amides is 2. The van der Waals surface area contributed by atoms with Gasteiger partial charge in [-0.2, -0.15) is 0 Å². The standard InChI is InChI=1S/C22H19Cl2NO4/c1-12-2-8-16-17(10-12)21(27)25(20(16)26)15-6-3-13(4-7-15)22(28)29-19-9-5-14(23)11-18(19)24/h3-7,9,11-12,16-17H,2,8,10H2,1H3/t12-,16-,17+/m1/s1. The Morgan fingerprint density at radius 2 is 1.69 bits per heavy atom. The summed E-state index contributed by atoms with van der Waals surface area (Å²) in [6.45, 7) is 2.12. The molecule has 2 aromatic carbocycles. The van der Waals surface area contributed by atoms with Crippen molar-refractivity contribution in [1.82, 2.24) is 0 Å². The molecule has 1 aliphatic carbocycles. The van der Waals surface area contributed by atoms with Crippen LogP contribution in [0.4, 0.5) is 5.69 Å². The zero-order valence-electron chi connectivity index (χ0n) is 15.7. The van der Waals surface area contributed by atoms with Gasteiger partial charge in [-0.3, -0.25) is 14.5 Å². The van der Waals surface area contributed by atoms with Gasteiger partial charge >= 0.3 is 5.97 Å². The van der Waals surface area contributed by atoms with Crippen molar-refractivity contribution in [2.45, 2.75) is 26.2 Å². The Hall–Kier alpha value is -2.37. The van der Waals surface area contributed by atoms with Crippen molar-refractivity contribution in [3.63, 3.8) is 0 Å². The maximum absolute atomic E-state index is 12.8. The molecule has 2 amide bonds. The maximum Gasteiger partial charge on any atom is 0.343 e. The van der Waals surface area contributed by atoms with Gasteiger partial charge in [0.25, 0.3) is 0 Å². The van der Waals surface area contributed by atoms with E-state index in [-0.39, 0.29) is 40.0 Å². The Morgan fingerprint density at radius 3 is 2.38 bits per heavy atom. The fraction of sp³-hybridized carbons (Fsp3) is 0.318. The van der Waals surface area contributed by atoms with Crippen LogP contribution in [0.1, 0.15) is 36.5 Å². The molecular weight excluding hydrogens is 413 g/mol. The number of ether oxygens (including phenoxy) is 1. The Kier molecular flexibility index (Phi) is 5.36. The topological polar surface area (TPSA) is 63.7 Å². The summed E-state index contributed by atoms with van der Waals surface area (Å²) in [7, 11) is 0. The van der Waals surface area contributed by atoms with Gasteiger partial charge in [-0.1, -0.05) is 30.1 Å². The number of esters is 1. The van der Waals surface area contributed by atoms with Crippen molar-refractivity contribution in [2.24, 2.45) is 17.8 Å². The first-order valence-electron chi connectivity index (χ1n) is 9.50. The predicted octanol–water partition coefficient (Wildman–Crippen LogP) is 5.14. The van der Waals surface area contributed by atoms with Crippen molar-refractivity contribution in [3.8, 4) is 5.75 Å². The summed E-state index contributed by atoms with van der Waals surface area (Å²) < 4.78 is 5.31. The largest absolute Gasteiger partial charge is 0.421 e. The van der Waals surface area contributed by atoms with Gasteiger partial charge in [0.05, 0.1) is 28.1 Å². The molecule has 3 atom stereocenters. The van der Waals surface area contributed by atoms with E-state index in [1.54, 1.807) is 18.2 Å². The van der Waals surface area contributed by atoms with Crippen LogP contribution < -0.4 is 9.64 Å². The molecule has 0 unspecified atom stereocenters. The van der Waals surface area contributed by atoms with E-state index in [1.165, 1.54) is 29.2 Å². The summed E-state index contributed by atoms with van der Waals surface area (Å²) >= 11 is 11.9. The van der Waals surface area contributed by atoms with Crippen LogP contribution in [0.25, 0.3) is 0 Å². The summed E-state index contributed by atoms with van der Waals surface area (Å²) in [4.78, 5) is 39.2. The summed E-state index contributed by atoms with van der Waals surface area (Å²) in [5.41, 5.74) is 0.757. The lowest BCUT2D eigenvalue weighted by molar-refractivity contribution is -0.122. The molecule has 4 rings (SSSR count). The molecule has 150 valence electrons. The first kappa shape index (κ1) is 19.9. The number of nitrogens with zero attached hydrogens (tertiary/aromatic N) is 1. The number of fused-ring (bicyclic) bond motifs is 1. The number of carbonyl (C=O) groups is 3. The number of carbonyl (C=O) groups excluding carboxylic acids is 3. The van der Waals surface area contributed by atoms with E-state index >= 15 is 0 Å². The van der Waals surface area contributed by atoms with Gasteiger partial charge in [0, 0.05) is 5.02 Å². The molecule has 1 aliphatic heterocycles. The molecular formula is C22H19Cl2NO4. The van der Waals surface area contributed by atoms with Gasteiger partial charge in [-0.25, -0.2) is 4.79 Å². The molecule has 1 saturated carbocycles. The lowest BCUT2D eigenvalue weighted by atomic mass is 9.76. The monoisotopic (exact) mass is 431 g/mol. The minimum Gasteiger partial charge on any atom is -0.421 e. The molecule has 0 bridgehead atoms. The minimum absolute atomic E-state index is 0.143. The number of imide groups is 1. The highest BCUT2D eigenvalue weighted by Crippen LogP contribution is 2.42. The molecule has 1 saturated heterocycles. The van der Waals surface area contributed by atoms with Gasteiger partial charge in [-0.05, 0) is 67.6 Å². The fourth-order valence-corrected chi connectivity index (χ4v) is 4.55. The van der Waals surface area contributed by atoms with Crippen LogP contribution in [-0.2, 0) is 9.59 Å². The SMILES string of the molecule is C[C@@H]1CC[C@H]2C(=O)N(c3ccc(C(=O)Oc4ccc(Cl)cc4Cl)cc3)C(=O)[C@H]2C1. The first-order valence-corrected chi connectivity index (χ1v) is 10.3. The van der Waals surface area contributed by atoms with E-state index in [4.69, 9.17) is 27.9 Å². The normalized spacial score (nSPS) is 23.8. The second-order valence-corrected chi connectivity index (χ2v) is 8.50. The number of rotatable bonds is 3. The van der Waals surface area contributed by atoms with Crippen molar-refractivity contribution in [1.29, 1.82) is 0 Å². The zero-order chi connectivity index (χ0) is 20.7. The van der Waals surface area contributed by atoms with Crippen LogP contribution in [0.3, 0.4) is 0 Å². The molecule has 0 aromatic heterocycles. The molecule has 2 aliphatic rings. The molecule has 5 nitrogen and oxygen atoms in total. The van der Waals surface area contributed by atoms with Crippen molar-refractivity contribution in [2.75, 3.05) is 4.90 Å². The highest BCUT2D eigenvalue weighted by atomic mass is 35.5. The third kappa shape index (κ3) is 3.77. The molecule has 2 aromatic rings. The molecule has 0 spiro atoms. The number of anilines is 1. The number of hydrogen-bond acceptors (Lipinski definition) is 4. The minimum atomic E-state index is -0.595. The predicted molar refractivity (Wildman–Crippen MR) is 110 cm³/mol. The Morgan fingerprint density at radius 1 is 1.00 bits per heavy atom. The third-order valence-electron chi connectivity index (χ3n) is 5.65. The molecule has 7 heteroatoms. The van der Waals surface area contributed by atoms with E-state index in [9.17, 15) is 14.4 Å². The second-order valence-electron chi connectivity index (χ2n) is 7.65. The molecule has 1 heterocycles. The smallest absolute Gasteiger partial charge is 0.343 e. The van der Waals surface area contributed by atoms with E-state index in [0.717, 1.165) is 19.3 Å². The highest BCUT2D eigenvalue weighted by Gasteiger charge is 2.49. The highest BCUT2D eigenvalue weighted by molar-refractivity contribution is 6.35. The van der Waals surface area contributed by atoms with Crippen molar-refractivity contribution in [3.05, 3.63) is 58.1 Å². The third-order valence-corrected chi connectivity index (χ3v) is 6.18. The van der Waals surface area contributed by atoms with Crippen LogP contribution in [-0.4, -0.2) is 17.8 Å². The molecule has 0 N–H and O–H groups in total. The molecule has 29 heavy (non-hydrogen) atoms. The number of benzene rings is 2. The second kappa shape index (κ2) is 7.81. The van der Waals surface area contributed by atoms with E-state index in [0.29, 0.717) is 16.6 Å². The summed E-state index contributed by atoms with van der Waals surface area (Å²) in [6.07, 6.45) is 2.46. The summed E-state index contributed by atoms with van der Waals surface area (Å²) in [5, 5.41) is 0.668. The molecule has 0 radical (unpaired) electrons. The Bertz CT molecular complexity index is 989. The Labute approximate surface area is 178 Å². The summed E-state index contributed by atoms with van der Waals surface area (Å²) in [6, 6.07) is 10.8. The van der Waals surface area contributed by atoms with Crippen LogP contribution >= 0.6 is 23.2 Å². The van der Waals surface area contributed by atoms with E-state index < -0.39 is 5.97 Å². The van der Waals surface area contributed by atoms with Crippen LogP contribution in [0.5, 0.6) is 5.75 Å². The lowest BCUT2D eigenvalue weighted by Gasteiger charge is -2.25.